The van der Waals surface area contributed by atoms with Gasteiger partial charge in [-0.1, -0.05) is 13.0 Å². The van der Waals surface area contributed by atoms with Gasteiger partial charge in [0.15, 0.2) is 0 Å². The smallest absolute Gasteiger partial charge is 0.267 e. The van der Waals surface area contributed by atoms with E-state index < -0.39 is 0 Å². The number of carbonyl (C=O) groups excluding carboxylic acids is 1. The van der Waals surface area contributed by atoms with E-state index in [9.17, 15) is 9.59 Å². The van der Waals surface area contributed by atoms with Crippen LogP contribution in [0.15, 0.2) is 23.0 Å². The van der Waals surface area contributed by atoms with Crippen LogP contribution >= 0.6 is 0 Å². The standard InChI is InChI=1S/C11H17N3O2/c1-2-8(12)6-7-13-11(16)9-4-3-5-10(15)14-9/h3-5,8H,2,6-7,12H2,1H3,(H,13,16)(H,14,15). The molecule has 1 heterocycles. The van der Waals surface area contributed by atoms with Crippen molar-refractivity contribution in [3.8, 4) is 0 Å². The van der Waals surface area contributed by atoms with Crippen molar-refractivity contribution in [2.45, 2.75) is 25.8 Å². The van der Waals surface area contributed by atoms with Crippen LogP contribution in [0.3, 0.4) is 0 Å². The first kappa shape index (κ1) is 12.4. The van der Waals surface area contributed by atoms with Crippen LogP contribution in [0.1, 0.15) is 30.3 Å². The summed E-state index contributed by atoms with van der Waals surface area (Å²) in [5, 5.41) is 2.70. The van der Waals surface area contributed by atoms with Crippen molar-refractivity contribution in [1.29, 1.82) is 0 Å². The van der Waals surface area contributed by atoms with Crippen molar-refractivity contribution in [1.82, 2.24) is 10.3 Å². The predicted molar refractivity (Wildman–Crippen MR) is 62.3 cm³/mol. The number of aromatic amines is 1. The highest BCUT2D eigenvalue weighted by Crippen LogP contribution is 1.93. The molecule has 0 aliphatic carbocycles. The van der Waals surface area contributed by atoms with Crippen molar-refractivity contribution in [3.05, 3.63) is 34.2 Å². The highest BCUT2D eigenvalue weighted by molar-refractivity contribution is 5.92. The molecule has 0 aliphatic heterocycles. The molecule has 1 unspecified atom stereocenters. The van der Waals surface area contributed by atoms with Gasteiger partial charge in [-0.3, -0.25) is 9.59 Å². The maximum Gasteiger partial charge on any atom is 0.267 e. The lowest BCUT2D eigenvalue weighted by Gasteiger charge is -2.09. The number of H-pyrrole nitrogens is 1. The number of aromatic nitrogens is 1. The summed E-state index contributed by atoms with van der Waals surface area (Å²) in [6.07, 6.45) is 1.62. The maximum absolute atomic E-state index is 11.5. The van der Waals surface area contributed by atoms with Crippen molar-refractivity contribution >= 4 is 5.91 Å². The number of carbonyl (C=O) groups is 1. The van der Waals surface area contributed by atoms with Crippen LogP contribution in [-0.2, 0) is 0 Å². The number of rotatable bonds is 5. The Labute approximate surface area is 94.1 Å². The van der Waals surface area contributed by atoms with Gasteiger partial charge in [0.2, 0.25) is 5.56 Å². The number of amides is 1. The van der Waals surface area contributed by atoms with Gasteiger partial charge in [-0.25, -0.2) is 0 Å². The van der Waals surface area contributed by atoms with E-state index in [-0.39, 0.29) is 23.2 Å². The average Bonchev–Trinajstić information content (AvgIpc) is 2.28. The van der Waals surface area contributed by atoms with Gasteiger partial charge in [0.25, 0.3) is 5.91 Å². The zero-order valence-corrected chi connectivity index (χ0v) is 9.32. The quantitative estimate of drug-likeness (QED) is 0.667. The normalized spacial score (nSPS) is 12.1. The second-order valence-corrected chi connectivity index (χ2v) is 3.64. The van der Waals surface area contributed by atoms with Gasteiger partial charge in [-0.2, -0.15) is 0 Å². The van der Waals surface area contributed by atoms with Crippen LogP contribution in [0.4, 0.5) is 0 Å². The fourth-order valence-electron chi connectivity index (χ4n) is 1.25. The number of pyridine rings is 1. The highest BCUT2D eigenvalue weighted by Gasteiger charge is 2.06. The van der Waals surface area contributed by atoms with Crippen LogP contribution in [0.25, 0.3) is 0 Å². The Morgan fingerprint density at radius 2 is 2.31 bits per heavy atom. The van der Waals surface area contributed by atoms with E-state index in [1.54, 1.807) is 12.1 Å². The number of nitrogens with one attached hydrogen (secondary N) is 2. The van der Waals surface area contributed by atoms with Crippen LogP contribution in [-0.4, -0.2) is 23.5 Å². The number of hydrogen-bond donors (Lipinski definition) is 3. The summed E-state index contributed by atoms with van der Waals surface area (Å²) in [5.41, 5.74) is 5.71. The summed E-state index contributed by atoms with van der Waals surface area (Å²) in [6, 6.07) is 4.58. The summed E-state index contributed by atoms with van der Waals surface area (Å²) in [4.78, 5) is 25.0. The summed E-state index contributed by atoms with van der Waals surface area (Å²) in [5.74, 6) is -0.277. The van der Waals surface area contributed by atoms with Crippen molar-refractivity contribution in [2.75, 3.05) is 6.54 Å². The summed E-state index contributed by atoms with van der Waals surface area (Å²) in [6.45, 7) is 2.52. The second kappa shape index (κ2) is 6.07. The molecule has 88 valence electrons. The molecule has 1 rings (SSSR count). The minimum absolute atomic E-state index is 0.107. The third-order valence-corrected chi connectivity index (χ3v) is 2.34. The Hall–Kier alpha value is -1.62. The molecule has 0 saturated heterocycles. The third-order valence-electron chi connectivity index (χ3n) is 2.34. The van der Waals surface area contributed by atoms with E-state index in [1.807, 2.05) is 6.92 Å². The van der Waals surface area contributed by atoms with E-state index >= 15 is 0 Å². The molecule has 0 fully saturated rings. The molecular formula is C11H17N3O2. The average molecular weight is 223 g/mol. The molecule has 0 aromatic carbocycles. The minimum atomic E-state index is -0.280. The van der Waals surface area contributed by atoms with Crippen LogP contribution in [0.5, 0.6) is 0 Å². The molecule has 1 aromatic rings. The lowest BCUT2D eigenvalue weighted by molar-refractivity contribution is 0.0947. The molecule has 5 nitrogen and oxygen atoms in total. The van der Waals surface area contributed by atoms with Gasteiger partial charge < -0.3 is 16.0 Å². The summed E-state index contributed by atoms with van der Waals surface area (Å²) < 4.78 is 0. The summed E-state index contributed by atoms with van der Waals surface area (Å²) in [7, 11) is 0. The molecule has 1 aromatic heterocycles. The number of nitrogens with two attached hydrogens (primary N) is 1. The molecule has 1 amide bonds. The zero-order valence-electron chi connectivity index (χ0n) is 9.32. The molecule has 0 radical (unpaired) electrons. The first-order valence-electron chi connectivity index (χ1n) is 5.36. The van der Waals surface area contributed by atoms with Crippen LogP contribution < -0.4 is 16.6 Å². The van der Waals surface area contributed by atoms with Crippen LogP contribution in [0.2, 0.25) is 0 Å². The highest BCUT2D eigenvalue weighted by atomic mass is 16.2. The predicted octanol–water partition coefficient (Wildman–Crippen LogP) is 0.232. The van der Waals surface area contributed by atoms with E-state index in [0.717, 1.165) is 12.8 Å². The van der Waals surface area contributed by atoms with Gasteiger partial charge in [0.1, 0.15) is 5.69 Å². The second-order valence-electron chi connectivity index (χ2n) is 3.64. The zero-order chi connectivity index (χ0) is 12.0. The molecule has 0 saturated carbocycles. The molecule has 5 heteroatoms. The van der Waals surface area contributed by atoms with E-state index in [4.69, 9.17) is 5.73 Å². The topological polar surface area (TPSA) is 88.0 Å². The first-order valence-corrected chi connectivity index (χ1v) is 5.36. The lowest BCUT2D eigenvalue weighted by atomic mass is 10.2. The van der Waals surface area contributed by atoms with E-state index in [0.29, 0.717) is 6.54 Å². The largest absolute Gasteiger partial charge is 0.351 e. The Morgan fingerprint density at radius 1 is 1.56 bits per heavy atom. The molecule has 4 N–H and O–H groups in total. The van der Waals surface area contributed by atoms with Gasteiger partial charge in [0, 0.05) is 18.7 Å². The molecule has 0 bridgehead atoms. The van der Waals surface area contributed by atoms with Gasteiger partial charge in [-0.15, -0.1) is 0 Å². The maximum atomic E-state index is 11.5. The molecule has 16 heavy (non-hydrogen) atoms. The fourth-order valence-corrected chi connectivity index (χ4v) is 1.25. The fraction of sp³-hybridized carbons (Fsp3) is 0.455. The first-order chi connectivity index (χ1) is 7.63. The van der Waals surface area contributed by atoms with E-state index in [1.165, 1.54) is 6.07 Å². The SMILES string of the molecule is CCC(N)CCNC(=O)c1cccc(=O)[nH]1. The lowest BCUT2D eigenvalue weighted by Crippen LogP contribution is -2.31. The van der Waals surface area contributed by atoms with Crippen molar-refractivity contribution in [2.24, 2.45) is 5.73 Å². The Bertz CT molecular complexity index is 400. The van der Waals surface area contributed by atoms with Crippen molar-refractivity contribution in [3.63, 3.8) is 0 Å². The van der Waals surface area contributed by atoms with Gasteiger partial charge >= 0.3 is 0 Å². The Kier molecular flexibility index (Phi) is 4.72. The van der Waals surface area contributed by atoms with E-state index in [2.05, 4.69) is 10.3 Å². The Balaban J connectivity index is 2.44. The molecule has 0 aliphatic rings. The Morgan fingerprint density at radius 3 is 2.94 bits per heavy atom. The van der Waals surface area contributed by atoms with Gasteiger partial charge in [-0.05, 0) is 18.9 Å². The minimum Gasteiger partial charge on any atom is -0.351 e. The van der Waals surface area contributed by atoms with Gasteiger partial charge in [0.05, 0.1) is 0 Å². The monoisotopic (exact) mass is 223 g/mol. The molecular weight excluding hydrogens is 206 g/mol. The van der Waals surface area contributed by atoms with Crippen molar-refractivity contribution < 1.29 is 4.79 Å². The molecule has 0 spiro atoms. The van der Waals surface area contributed by atoms with Crippen LogP contribution in [0, 0.1) is 0 Å². The summed E-state index contributed by atoms with van der Waals surface area (Å²) >= 11 is 0. The molecule has 1 atom stereocenters. The number of hydrogen-bond acceptors (Lipinski definition) is 3. The third kappa shape index (κ3) is 3.86.